The molecule has 1 saturated heterocycles. The van der Waals surface area contributed by atoms with Crippen molar-refractivity contribution in [2.24, 2.45) is 0 Å². The van der Waals surface area contributed by atoms with Crippen molar-refractivity contribution in [3.05, 3.63) is 18.2 Å². The Hall–Kier alpha value is -1.69. The molecule has 0 radical (unpaired) electrons. The number of hydrogen-bond donors (Lipinski definition) is 0. The highest BCUT2D eigenvalue weighted by atomic mass is 32.2. The van der Waals surface area contributed by atoms with Crippen LogP contribution in [0.1, 0.15) is 33.1 Å². The minimum absolute atomic E-state index is 0.193. The SMILES string of the molecule is CCCCCOc1ccc(N2C(=O)CSC2=O)cc1OCC. The molecule has 1 fully saturated rings. The first kappa shape index (κ1) is 16.7. The summed E-state index contributed by atoms with van der Waals surface area (Å²) in [6.45, 7) is 5.15. The summed E-state index contributed by atoms with van der Waals surface area (Å²) < 4.78 is 11.3. The molecule has 0 atom stereocenters. The molecule has 1 aliphatic rings. The number of nitrogens with zero attached hydrogens (tertiary/aromatic N) is 1. The van der Waals surface area contributed by atoms with Gasteiger partial charge in [0.05, 0.1) is 24.7 Å². The molecule has 0 saturated carbocycles. The fraction of sp³-hybridized carbons (Fsp3) is 0.500. The highest BCUT2D eigenvalue weighted by Crippen LogP contribution is 2.35. The number of hydrogen-bond acceptors (Lipinski definition) is 5. The van der Waals surface area contributed by atoms with Gasteiger partial charge >= 0.3 is 0 Å². The van der Waals surface area contributed by atoms with Crippen LogP contribution in [0.15, 0.2) is 18.2 Å². The van der Waals surface area contributed by atoms with E-state index in [2.05, 4.69) is 6.92 Å². The molecule has 0 spiro atoms. The average Bonchev–Trinajstić information content (AvgIpc) is 2.84. The predicted octanol–water partition coefficient (Wildman–Crippen LogP) is 3.85. The lowest BCUT2D eigenvalue weighted by atomic mass is 10.2. The Balaban J connectivity index is 2.15. The Kier molecular flexibility index (Phi) is 6.12. The van der Waals surface area contributed by atoms with Crippen molar-refractivity contribution in [2.45, 2.75) is 33.1 Å². The van der Waals surface area contributed by atoms with Crippen LogP contribution in [-0.4, -0.2) is 30.1 Å². The first-order valence-electron chi connectivity index (χ1n) is 7.56. The van der Waals surface area contributed by atoms with Crippen LogP contribution in [0.25, 0.3) is 0 Å². The van der Waals surface area contributed by atoms with Crippen molar-refractivity contribution < 1.29 is 19.1 Å². The molecule has 0 unspecified atom stereocenters. The van der Waals surface area contributed by atoms with Gasteiger partial charge in [0, 0.05) is 6.07 Å². The molecule has 2 rings (SSSR count). The number of unbranched alkanes of at least 4 members (excludes halogenated alkanes) is 2. The molecule has 2 amide bonds. The minimum atomic E-state index is -0.246. The number of carbonyl (C=O) groups excluding carboxylic acids is 2. The Bertz CT molecular complexity index is 531. The van der Waals surface area contributed by atoms with Gasteiger partial charge in [0.25, 0.3) is 5.24 Å². The molecule has 1 aromatic rings. The molecule has 1 heterocycles. The highest BCUT2D eigenvalue weighted by Gasteiger charge is 2.31. The lowest BCUT2D eigenvalue weighted by Crippen LogP contribution is -2.28. The van der Waals surface area contributed by atoms with Gasteiger partial charge < -0.3 is 9.47 Å². The summed E-state index contributed by atoms with van der Waals surface area (Å²) in [4.78, 5) is 24.8. The zero-order valence-electron chi connectivity index (χ0n) is 13.0. The van der Waals surface area contributed by atoms with Gasteiger partial charge in [-0.3, -0.25) is 9.59 Å². The summed E-state index contributed by atoms with van der Waals surface area (Å²) in [6, 6.07) is 5.18. The van der Waals surface area contributed by atoms with E-state index in [1.165, 1.54) is 4.90 Å². The normalized spacial score (nSPS) is 14.5. The number of thioether (sulfide) groups is 1. The average molecular weight is 323 g/mol. The van der Waals surface area contributed by atoms with E-state index in [4.69, 9.17) is 9.47 Å². The van der Waals surface area contributed by atoms with E-state index < -0.39 is 0 Å². The van der Waals surface area contributed by atoms with Gasteiger partial charge in [0.15, 0.2) is 11.5 Å². The van der Waals surface area contributed by atoms with E-state index in [0.717, 1.165) is 31.0 Å². The first-order chi connectivity index (χ1) is 10.7. The molecule has 0 aromatic heterocycles. The summed E-state index contributed by atoms with van der Waals surface area (Å²) in [5, 5.41) is -0.246. The van der Waals surface area contributed by atoms with Gasteiger partial charge in [-0.2, -0.15) is 0 Å². The molecule has 0 aliphatic carbocycles. The van der Waals surface area contributed by atoms with Crippen LogP contribution < -0.4 is 14.4 Å². The first-order valence-corrected chi connectivity index (χ1v) is 8.55. The molecule has 22 heavy (non-hydrogen) atoms. The van der Waals surface area contributed by atoms with E-state index in [1.54, 1.807) is 18.2 Å². The summed E-state index contributed by atoms with van der Waals surface area (Å²) in [7, 11) is 0. The molecule has 6 heteroatoms. The molecule has 120 valence electrons. The lowest BCUT2D eigenvalue weighted by Gasteiger charge is -2.17. The van der Waals surface area contributed by atoms with Crippen LogP contribution >= 0.6 is 11.8 Å². The Morgan fingerprint density at radius 3 is 2.59 bits per heavy atom. The van der Waals surface area contributed by atoms with E-state index in [1.807, 2.05) is 6.92 Å². The van der Waals surface area contributed by atoms with Gasteiger partial charge in [-0.05, 0) is 25.5 Å². The standard InChI is InChI=1S/C16H21NO4S/c1-3-5-6-9-21-13-8-7-12(10-14(13)20-4-2)17-15(18)11-22-16(17)19/h7-8,10H,3-6,9,11H2,1-2H3. The number of amides is 2. The van der Waals surface area contributed by atoms with Crippen molar-refractivity contribution in [1.29, 1.82) is 0 Å². The van der Waals surface area contributed by atoms with E-state index in [-0.39, 0.29) is 16.9 Å². The molecule has 0 N–H and O–H groups in total. The second-order valence-electron chi connectivity index (χ2n) is 4.90. The van der Waals surface area contributed by atoms with Gasteiger partial charge in [0.2, 0.25) is 5.91 Å². The molecule has 1 aliphatic heterocycles. The zero-order chi connectivity index (χ0) is 15.9. The third-order valence-electron chi connectivity index (χ3n) is 3.24. The highest BCUT2D eigenvalue weighted by molar-refractivity contribution is 8.15. The maximum atomic E-state index is 11.8. The van der Waals surface area contributed by atoms with E-state index >= 15 is 0 Å². The minimum Gasteiger partial charge on any atom is -0.490 e. The molecular formula is C16H21NO4S. The van der Waals surface area contributed by atoms with Gasteiger partial charge in [-0.15, -0.1) is 0 Å². The number of rotatable bonds is 8. The molecule has 0 bridgehead atoms. The van der Waals surface area contributed by atoms with Crippen LogP contribution in [0.5, 0.6) is 11.5 Å². The Morgan fingerprint density at radius 2 is 1.95 bits per heavy atom. The number of ether oxygens (including phenoxy) is 2. The van der Waals surface area contributed by atoms with E-state index in [0.29, 0.717) is 30.4 Å². The van der Waals surface area contributed by atoms with Gasteiger partial charge in [-0.25, -0.2) is 4.90 Å². The van der Waals surface area contributed by atoms with Crippen LogP contribution in [-0.2, 0) is 4.79 Å². The maximum Gasteiger partial charge on any atom is 0.293 e. The van der Waals surface area contributed by atoms with Crippen LogP contribution in [0.4, 0.5) is 10.5 Å². The fourth-order valence-corrected chi connectivity index (χ4v) is 2.87. The number of anilines is 1. The topological polar surface area (TPSA) is 55.8 Å². The van der Waals surface area contributed by atoms with Crippen molar-refractivity contribution in [3.8, 4) is 11.5 Å². The van der Waals surface area contributed by atoms with Crippen molar-refractivity contribution >= 4 is 28.6 Å². The number of benzene rings is 1. The smallest absolute Gasteiger partial charge is 0.293 e. The molecule has 5 nitrogen and oxygen atoms in total. The van der Waals surface area contributed by atoms with Crippen LogP contribution in [0.3, 0.4) is 0 Å². The number of carbonyl (C=O) groups is 2. The monoisotopic (exact) mass is 323 g/mol. The molecular weight excluding hydrogens is 302 g/mol. The van der Waals surface area contributed by atoms with Crippen molar-refractivity contribution in [1.82, 2.24) is 0 Å². The van der Waals surface area contributed by atoms with Crippen molar-refractivity contribution in [2.75, 3.05) is 23.9 Å². The quantitative estimate of drug-likeness (QED) is 0.680. The van der Waals surface area contributed by atoms with Gasteiger partial charge in [-0.1, -0.05) is 31.5 Å². The van der Waals surface area contributed by atoms with Crippen molar-refractivity contribution in [3.63, 3.8) is 0 Å². The van der Waals surface area contributed by atoms with E-state index in [9.17, 15) is 9.59 Å². The summed E-state index contributed by atoms with van der Waals surface area (Å²) in [5.74, 6) is 1.20. The third-order valence-corrected chi connectivity index (χ3v) is 4.06. The lowest BCUT2D eigenvalue weighted by molar-refractivity contribution is -0.115. The second-order valence-corrected chi connectivity index (χ2v) is 5.83. The predicted molar refractivity (Wildman–Crippen MR) is 88.0 cm³/mol. The zero-order valence-corrected chi connectivity index (χ0v) is 13.8. The summed E-state index contributed by atoms with van der Waals surface area (Å²) >= 11 is 1.02. The fourth-order valence-electron chi connectivity index (χ4n) is 2.16. The summed E-state index contributed by atoms with van der Waals surface area (Å²) in [5.41, 5.74) is 0.532. The third kappa shape index (κ3) is 3.94. The Morgan fingerprint density at radius 1 is 1.14 bits per heavy atom. The summed E-state index contributed by atoms with van der Waals surface area (Å²) in [6.07, 6.45) is 3.25. The second kappa shape index (κ2) is 8.08. The number of imide groups is 1. The largest absolute Gasteiger partial charge is 0.490 e. The van der Waals surface area contributed by atoms with Crippen LogP contribution in [0, 0.1) is 0 Å². The molecule has 1 aromatic carbocycles. The van der Waals surface area contributed by atoms with Crippen LogP contribution in [0.2, 0.25) is 0 Å². The maximum absolute atomic E-state index is 11.8. The van der Waals surface area contributed by atoms with Gasteiger partial charge in [0.1, 0.15) is 0 Å². The Labute approximate surface area is 135 Å².